The average Bonchev–Trinajstić information content (AvgIpc) is 2.47. The van der Waals surface area contributed by atoms with Crippen LogP contribution in [0.1, 0.15) is 25.5 Å². The lowest BCUT2D eigenvalue weighted by Crippen LogP contribution is -2.32. The fraction of sp³-hybridized carbons (Fsp3) is 0.294. The maximum Gasteiger partial charge on any atom is 0.0500 e. The van der Waals surface area contributed by atoms with E-state index in [2.05, 4.69) is 24.3 Å². The minimum absolute atomic E-state index is 0.0731. The molecule has 0 unspecified atom stereocenters. The number of aliphatic hydroxyl groups is 1. The van der Waals surface area contributed by atoms with Gasteiger partial charge in [0, 0.05) is 18.1 Å². The molecule has 2 rings (SSSR count). The van der Waals surface area contributed by atoms with E-state index in [0.717, 1.165) is 11.1 Å². The maximum absolute atomic E-state index is 9.43. The van der Waals surface area contributed by atoms with Gasteiger partial charge < -0.3 is 10.8 Å². The molecule has 0 heterocycles. The quantitative estimate of drug-likeness (QED) is 0.880. The number of hydrogen-bond donors (Lipinski definition) is 2. The van der Waals surface area contributed by atoms with Gasteiger partial charge in [-0.15, -0.1) is 0 Å². The predicted molar refractivity (Wildman–Crippen MR) is 79.7 cm³/mol. The Kier molecular flexibility index (Phi) is 4.03. The van der Waals surface area contributed by atoms with Crippen LogP contribution in [-0.4, -0.2) is 11.7 Å². The molecular formula is C17H21NO. The lowest BCUT2D eigenvalue weighted by Gasteiger charge is -2.30. The van der Waals surface area contributed by atoms with Crippen molar-refractivity contribution < 1.29 is 5.11 Å². The molecule has 100 valence electrons. The summed E-state index contributed by atoms with van der Waals surface area (Å²) in [5.41, 5.74) is 9.34. The smallest absolute Gasteiger partial charge is 0.0500 e. The Balaban J connectivity index is 2.35. The second kappa shape index (κ2) is 5.55. The number of aliphatic hydroxyl groups excluding tert-OH is 1. The van der Waals surface area contributed by atoms with Gasteiger partial charge in [-0.05, 0) is 22.8 Å². The molecule has 0 saturated heterocycles. The molecule has 2 aromatic carbocycles. The Morgan fingerprint density at radius 3 is 2.26 bits per heavy atom. The van der Waals surface area contributed by atoms with Gasteiger partial charge in [0.1, 0.15) is 0 Å². The average molecular weight is 255 g/mol. The van der Waals surface area contributed by atoms with Crippen molar-refractivity contribution in [3.05, 3.63) is 60.2 Å². The van der Waals surface area contributed by atoms with Crippen LogP contribution >= 0.6 is 0 Å². The number of rotatable bonds is 4. The summed E-state index contributed by atoms with van der Waals surface area (Å²) in [5.74, 6) is 0. The summed E-state index contributed by atoms with van der Waals surface area (Å²) in [5, 5.41) is 9.43. The summed E-state index contributed by atoms with van der Waals surface area (Å²) in [4.78, 5) is 0. The van der Waals surface area contributed by atoms with Gasteiger partial charge in [0.15, 0.2) is 0 Å². The van der Waals surface area contributed by atoms with Crippen LogP contribution in [0.15, 0.2) is 54.6 Å². The minimum atomic E-state index is -0.324. The summed E-state index contributed by atoms with van der Waals surface area (Å²) < 4.78 is 0. The molecule has 0 aromatic heterocycles. The van der Waals surface area contributed by atoms with Gasteiger partial charge in [-0.3, -0.25) is 0 Å². The minimum Gasteiger partial charge on any atom is -0.396 e. The Hall–Kier alpha value is -1.64. The second-order valence-corrected chi connectivity index (χ2v) is 5.62. The summed E-state index contributed by atoms with van der Waals surface area (Å²) in [6.45, 7) is 4.03. The first-order chi connectivity index (χ1) is 9.04. The van der Waals surface area contributed by atoms with Gasteiger partial charge in [0.05, 0.1) is 0 Å². The van der Waals surface area contributed by atoms with Crippen molar-refractivity contribution >= 4 is 0 Å². The highest BCUT2D eigenvalue weighted by Gasteiger charge is 2.26. The molecule has 2 aromatic rings. The van der Waals surface area contributed by atoms with Crippen molar-refractivity contribution in [1.29, 1.82) is 0 Å². The summed E-state index contributed by atoms with van der Waals surface area (Å²) in [7, 11) is 0. The first kappa shape index (κ1) is 13.8. The third-order valence-corrected chi connectivity index (χ3v) is 3.60. The predicted octanol–water partition coefficient (Wildman–Crippen LogP) is 3.37. The fourth-order valence-corrected chi connectivity index (χ4v) is 2.09. The van der Waals surface area contributed by atoms with E-state index in [-0.39, 0.29) is 18.1 Å². The first-order valence-electron chi connectivity index (χ1n) is 6.56. The van der Waals surface area contributed by atoms with Gasteiger partial charge in [0.2, 0.25) is 0 Å². The van der Waals surface area contributed by atoms with Crippen molar-refractivity contribution in [2.75, 3.05) is 6.61 Å². The van der Waals surface area contributed by atoms with Crippen molar-refractivity contribution in [2.24, 2.45) is 11.1 Å². The van der Waals surface area contributed by atoms with Crippen LogP contribution in [0.3, 0.4) is 0 Å². The molecule has 0 amide bonds. The molecule has 0 aliphatic heterocycles. The number of hydrogen-bond acceptors (Lipinski definition) is 2. The van der Waals surface area contributed by atoms with Gasteiger partial charge in [0.25, 0.3) is 0 Å². The highest BCUT2D eigenvalue weighted by molar-refractivity contribution is 5.64. The standard InChI is InChI=1S/C17H21NO/c1-17(2,12-19)16(18)15-10-6-9-14(11-15)13-7-4-3-5-8-13/h3-11,16,19H,12,18H2,1-2H3/t16-/m0/s1. The van der Waals surface area contributed by atoms with E-state index >= 15 is 0 Å². The van der Waals surface area contributed by atoms with Crippen LogP contribution in [0.2, 0.25) is 0 Å². The van der Waals surface area contributed by atoms with Gasteiger partial charge in [-0.25, -0.2) is 0 Å². The monoisotopic (exact) mass is 255 g/mol. The van der Waals surface area contributed by atoms with E-state index in [1.807, 2.05) is 44.2 Å². The molecule has 1 atom stereocenters. The van der Waals surface area contributed by atoms with Crippen LogP contribution in [0.4, 0.5) is 0 Å². The second-order valence-electron chi connectivity index (χ2n) is 5.62. The van der Waals surface area contributed by atoms with E-state index in [0.29, 0.717) is 0 Å². The number of nitrogens with two attached hydrogens (primary N) is 1. The van der Waals surface area contributed by atoms with Gasteiger partial charge >= 0.3 is 0 Å². The van der Waals surface area contributed by atoms with E-state index < -0.39 is 0 Å². The lowest BCUT2D eigenvalue weighted by atomic mass is 9.81. The first-order valence-corrected chi connectivity index (χ1v) is 6.56. The zero-order valence-electron chi connectivity index (χ0n) is 11.5. The molecule has 0 aliphatic rings. The topological polar surface area (TPSA) is 46.2 Å². The highest BCUT2D eigenvalue weighted by Crippen LogP contribution is 2.32. The normalized spacial score (nSPS) is 13.3. The molecule has 2 nitrogen and oxygen atoms in total. The van der Waals surface area contributed by atoms with E-state index in [1.165, 1.54) is 5.56 Å². The van der Waals surface area contributed by atoms with E-state index in [1.54, 1.807) is 0 Å². The zero-order valence-corrected chi connectivity index (χ0v) is 11.5. The third kappa shape index (κ3) is 3.03. The number of benzene rings is 2. The van der Waals surface area contributed by atoms with Crippen LogP contribution in [0.5, 0.6) is 0 Å². The van der Waals surface area contributed by atoms with Gasteiger partial charge in [-0.2, -0.15) is 0 Å². The molecule has 2 heteroatoms. The summed E-state index contributed by atoms with van der Waals surface area (Å²) in [6, 6.07) is 18.3. The van der Waals surface area contributed by atoms with Crippen molar-refractivity contribution in [3.63, 3.8) is 0 Å². The largest absolute Gasteiger partial charge is 0.396 e. The Bertz CT molecular complexity index is 534. The summed E-state index contributed by atoms with van der Waals surface area (Å²) >= 11 is 0. The van der Waals surface area contributed by atoms with Crippen molar-refractivity contribution in [2.45, 2.75) is 19.9 Å². The molecule has 0 bridgehead atoms. The Morgan fingerprint density at radius 2 is 1.63 bits per heavy atom. The molecule has 0 saturated carbocycles. The fourth-order valence-electron chi connectivity index (χ4n) is 2.09. The molecule has 0 radical (unpaired) electrons. The van der Waals surface area contributed by atoms with Crippen LogP contribution < -0.4 is 5.73 Å². The highest BCUT2D eigenvalue weighted by atomic mass is 16.3. The molecule has 0 spiro atoms. The van der Waals surface area contributed by atoms with Crippen molar-refractivity contribution in [3.8, 4) is 11.1 Å². The van der Waals surface area contributed by atoms with E-state index in [4.69, 9.17) is 5.73 Å². The van der Waals surface area contributed by atoms with Crippen LogP contribution in [0.25, 0.3) is 11.1 Å². The van der Waals surface area contributed by atoms with Crippen LogP contribution in [0, 0.1) is 5.41 Å². The molecular weight excluding hydrogens is 234 g/mol. The van der Waals surface area contributed by atoms with Gasteiger partial charge in [-0.1, -0.05) is 62.4 Å². The van der Waals surface area contributed by atoms with Crippen molar-refractivity contribution in [1.82, 2.24) is 0 Å². The maximum atomic E-state index is 9.43. The SMILES string of the molecule is CC(C)(CO)[C@@H](N)c1cccc(-c2ccccc2)c1. The Morgan fingerprint density at radius 1 is 1.00 bits per heavy atom. The van der Waals surface area contributed by atoms with E-state index in [9.17, 15) is 5.11 Å². The van der Waals surface area contributed by atoms with Crippen LogP contribution in [-0.2, 0) is 0 Å². The third-order valence-electron chi connectivity index (χ3n) is 3.60. The molecule has 0 fully saturated rings. The zero-order chi connectivity index (χ0) is 13.9. The summed E-state index contributed by atoms with van der Waals surface area (Å²) in [6.07, 6.45) is 0. The molecule has 0 aliphatic carbocycles. The lowest BCUT2D eigenvalue weighted by molar-refractivity contribution is 0.132. The molecule has 19 heavy (non-hydrogen) atoms. The molecule has 3 N–H and O–H groups in total. The Labute approximate surface area is 114 Å².